The molecule has 5 nitrogen and oxygen atoms in total. The number of hydrogen-bond donors (Lipinski definition) is 1. The Hall–Kier alpha value is -2.56. The zero-order chi connectivity index (χ0) is 14.4. The van der Waals surface area contributed by atoms with Gasteiger partial charge in [0.25, 0.3) is 5.91 Å². The van der Waals surface area contributed by atoms with Gasteiger partial charge in [0.2, 0.25) is 0 Å². The smallest absolute Gasteiger partial charge is 0.251 e. The molecule has 0 aliphatic heterocycles. The molecule has 1 heterocycles. The van der Waals surface area contributed by atoms with E-state index in [4.69, 9.17) is 9.47 Å². The van der Waals surface area contributed by atoms with Crippen LogP contribution < -0.4 is 14.8 Å². The van der Waals surface area contributed by atoms with E-state index in [-0.39, 0.29) is 5.91 Å². The third-order valence-electron chi connectivity index (χ3n) is 2.77. The van der Waals surface area contributed by atoms with Crippen LogP contribution in [0.1, 0.15) is 16.1 Å². The largest absolute Gasteiger partial charge is 0.497 e. The van der Waals surface area contributed by atoms with Crippen LogP contribution in [0.3, 0.4) is 0 Å². The molecule has 0 aliphatic rings. The van der Waals surface area contributed by atoms with Crippen molar-refractivity contribution in [3.8, 4) is 11.5 Å². The molecule has 5 heteroatoms. The molecule has 2 aromatic rings. The Morgan fingerprint density at radius 3 is 2.40 bits per heavy atom. The highest BCUT2D eigenvalue weighted by Crippen LogP contribution is 2.22. The molecule has 1 aromatic heterocycles. The molecule has 20 heavy (non-hydrogen) atoms. The van der Waals surface area contributed by atoms with Crippen LogP contribution in [0.25, 0.3) is 0 Å². The van der Waals surface area contributed by atoms with E-state index in [0.717, 1.165) is 5.69 Å². The van der Waals surface area contributed by atoms with Gasteiger partial charge in [-0.25, -0.2) is 0 Å². The summed E-state index contributed by atoms with van der Waals surface area (Å²) in [5.41, 5.74) is 1.29. The van der Waals surface area contributed by atoms with Gasteiger partial charge >= 0.3 is 0 Å². The fourth-order valence-electron chi connectivity index (χ4n) is 1.71. The van der Waals surface area contributed by atoms with Crippen LogP contribution in [0, 0.1) is 0 Å². The predicted octanol–water partition coefficient (Wildman–Crippen LogP) is 2.03. The fourth-order valence-corrected chi connectivity index (χ4v) is 1.71. The van der Waals surface area contributed by atoms with Crippen LogP contribution in [0.15, 0.2) is 42.6 Å². The van der Waals surface area contributed by atoms with E-state index in [1.165, 1.54) is 0 Å². The highest BCUT2D eigenvalue weighted by molar-refractivity contribution is 5.95. The normalized spacial score (nSPS) is 9.90. The van der Waals surface area contributed by atoms with Gasteiger partial charge in [-0.3, -0.25) is 9.78 Å². The first-order valence-electron chi connectivity index (χ1n) is 6.14. The summed E-state index contributed by atoms with van der Waals surface area (Å²) >= 11 is 0. The summed E-state index contributed by atoms with van der Waals surface area (Å²) in [6, 6.07) is 10.6. The second-order valence-electron chi connectivity index (χ2n) is 4.11. The lowest BCUT2D eigenvalue weighted by Gasteiger charge is -2.09. The average molecular weight is 272 g/mol. The minimum Gasteiger partial charge on any atom is -0.497 e. The lowest BCUT2D eigenvalue weighted by atomic mass is 10.2. The van der Waals surface area contributed by atoms with Crippen molar-refractivity contribution < 1.29 is 14.3 Å². The predicted molar refractivity (Wildman–Crippen MR) is 75.0 cm³/mol. The maximum Gasteiger partial charge on any atom is 0.251 e. The van der Waals surface area contributed by atoms with Crippen molar-refractivity contribution >= 4 is 5.91 Å². The molecule has 0 radical (unpaired) electrons. The Kier molecular flexibility index (Phi) is 4.55. The molecule has 0 unspecified atom stereocenters. The summed E-state index contributed by atoms with van der Waals surface area (Å²) in [5.74, 6) is 0.951. The van der Waals surface area contributed by atoms with Crippen molar-refractivity contribution in [3.63, 3.8) is 0 Å². The van der Waals surface area contributed by atoms with E-state index in [9.17, 15) is 4.79 Å². The first-order valence-corrected chi connectivity index (χ1v) is 6.14. The lowest BCUT2D eigenvalue weighted by Crippen LogP contribution is -2.23. The number of carbonyl (C=O) groups excluding carboxylic acids is 1. The molecule has 0 fully saturated rings. The van der Waals surface area contributed by atoms with Crippen LogP contribution in [0.5, 0.6) is 11.5 Å². The Labute approximate surface area is 117 Å². The number of benzene rings is 1. The number of ether oxygens (including phenoxy) is 2. The maximum atomic E-state index is 12.1. The average Bonchev–Trinajstić information content (AvgIpc) is 2.52. The van der Waals surface area contributed by atoms with E-state index in [1.807, 2.05) is 18.2 Å². The van der Waals surface area contributed by atoms with Crippen molar-refractivity contribution in [1.29, 1.82) is 0 Å². The number of pyridine rings is 1. The van der Waals surface area contributed by atoms with E-state index in [0.29, 0.717) is 23.6 Å². The summed E-state index contributed by atoms with van der Waals surface area (Å²) in [6.07, 6.45) is 1.69. The highest BCUT2D eigenvalue weighted by atomic mass is 16.5. The number of nitrogens with zero attached hydrogens (tertiary/aromatic N) is 1. The Balaban J connectivity index is 2.08. The molecule has 0 spiro atoms. The minimum atomic E-state index is -0.201. The van der Waals surface area contributed by atoms with Crippen LogP contribution in [-0.4, -0.2) is 25.1 Å². The molecule has 0 atom stereocenters. The van der Waals surface area contributed by atoms with Gasteiger partial charge in [-0.05, 0) is 24.3 Å². The molecule has 104 valence electrons. The quantitative estimate of drug-likeness (QED) is 0.904. The molecule has 1 N–H and O–H groups in total. The number of rotatable bonds is 5. The van der Waals surface area contributed by atoms with Crippen molar-refractivity contribution in [1.82, 2.24) is 10.3 Å². The van der Waals surface area contributed by atoms with Crippen LogP contribution in [-0.2, 0) is 6.54 Å². The van der Waals surface area contributed by atoms with Gasteiger partial charge in [0, 0.05) is 17.8 Å². The lowest BCUT2D eigenvalue weighted by molar-refractivity contribution is 0.0949. The molecular formula is C15H16N2O3. The van der Waals surface area contributed by atoms with Crippen LogP contribution >= 0.6 is 0 Å². The highest BCUT2D eigenvalue weighted by Gasteiger charge is 2.09. The SMILES string of the molecule is COc1cc(OC)cc(C(=O)NCc2ccccn2)c1. The zero-order valence-corrected chi connectivity index (χ0v) is 11.4. The van der Waals surface area contributed by atoms with Gasteiger partial charge in [0.05, 0.1) is 26.5 Å². The zero-order valence-electron chi connectivity index (χ0n) is 11.4. The fraction of sp³-hybridized carbons (Fsp3) is 0.200. The van der Waals surface area contributed by atoms with Crippen LogP contribution in [0.2, 0.25) is 0 Å². The van der Waals surface area contributed by atoms with Crippen molar-refractivity contribution in [2.45, 2.75) is 6.54 Å². The monoisotopic (exact) mass is 272 g/mol. The van der Waals surface area contributed by atoms with E-state index in [1.54, 1.807) is 38.6 Å². The second kappa shape index (κ2) is 6.56. The molecule has 0 saturated heterocycles. The third kappa shape index (κ3) is 3.47. The molecule has 0 aliphatic carbocycles. The first-order chi connectivity index (χ1) is 9.72. The molecule has 2 rings (SSSR count). The van der Waals surface area contributed by atoms with Gasteiger partial charge in [0.1, 0.15) is 11.5 Å². The molecule has 1 aromatic carbocycles. The molecular weight excluding hydrogens is 256 g/mol. The van der Waals surface area contributed by atoms with Gasteiger partial charge in [-0.2, -0.15) is 0 Å². The number of hydrogen-bond acceptors (Lipinski definition) is 4. The summed E-state index contributed by atoms with van der Waals surface area (Å²) in [7, 11) is 3.09. The van der Waals surface area contributed by atoms with E-state index < -0.39 is 0 Å². The van der Waals surface area contributed by atoms with E-state index in [2.05, 4.69) is 10.3 Å². The van der Waals surface area contributed by atoms with E-state index >= 15 is 0 Å². The molecule has 1 amide bonds. The topological polar surface area (TPSA) is 60.5 Å². The third-order valence-corrected chi connectivity index (χ3v) is 2.77. The van der Waals surface area contributed by atoms with Gasteiger partial charge in [-0.1, -0.05) is 6.07 Å². The summed E-state index contributed by atoms with van der Waals surface area (Å²) in [6.45, 7) is 0.374. The number of amides is 1. The summed E-state index contributed by atoms with van der Waals surface area (Å²) in [4.78, 5) is 16.3. The Morgan fingerprint density at radius 1 is 1.15 bits per heavy atom. The molecule has 0 saturated carbocycles. The molecule has 0 bridgehead atoms. The number of carbonyl (C=O) groups is 1. The number of aromatic nitrogens is 1. The van der Waals surface area contributed by atoms with Gasteiger partial charge in [0.15, 0.2) is 0 Å². The number of nitrogens with one attached hydrogen (secondary N) is 1. The first kappa shape index (κ1) is 13.9. The van der Waals surface area contributed by atoms with Crippen molar-refractivity contribution in [2.24, 2.45) is 0 Å². The standard InChI is InChI=1S/C15H16N2O3/c1-19-13-7-11(8-14(9-13)20-2)15(18)17-10-12-5-3-4-6-16-12/h3-9H,10H2,1-2H3,(H,17,18). The van der Waals surface area contributed by atoms with Gasteiger partial charge in [-0.15, -0.1) is 0 Å². The maximum absolute atomic E-state index is 12.1. The van der Waals surface area contributed by atoms with Crippen molar-refractivity contribution in [3.05, 3.63) is 53.9 Å². The van der Waals surface area contributed by atoms with Crippen LogP contribution in [0.4, 0.5) is 0 Å². The number of methoxy groups -OCH3 is 2. The second-order valence-corrected chi connectivity index (χ2v) is 4.11. The minimum absolute atomic E-state index is 0.201. The van der Waals surface area contributed by atoms with Crippen molar-refractivity contribution in [2.75, 3.05) is 14.2 Å². The van der Waals surface area contributed by atoms with Gasteiger partial charge < -0.3 is 14.8 Å². The Morgan fingerprint density at radius 2 is 1.85 bits per heavy atom. The summed E-state index contributed by atoms with van der Waals surface area (Å²) in [5, 5.41) is 2.81. The Bertz CT molecular complexity index is 563. The summed E-state index contributed by atoms with van der Waals surface area (Å²) < 4.78 is 10.3.